The molecule has 1 aliphatic rings. The minimum Gasteiger partial charge on any atom is -0.370 e. The molecule has 0 aromatic carbocycles. The fourth-order valence-corrected chi connectivity index (χ4v) is 4.08. The van der Waals surface area contributed by atoms with Crippen molar-refractivity contribution in [3.8, 4) is 0 Å². The van der Waals surface area contributed by atoms with Crippen LogP contribution in [0.3, 0.4) is 0 Å². The molecule has 21 heavy (non-hydrogen) atoms. The van der Waals surface area contributed by atoms with Crippen LogP contribution in [-0.4, -0.2) is 36.8 Å². The standard InChI is InChI=1S/C15H25N3O2S/c1-4-8-16-15-10-14(7-9-17-15)21(19,20)18(11-12(2)3)13-5-6-13/h7,9-10,12-13H,4-6,8,11H2,1-3H3,(H,16,17). The van der Waals surface area contributed by atoms with Gasteiger partial charge >= 0.3 is 0 Å². The maximum absolute atomic E-state index is 12.8. The van der Waals surface area contributed by atoms with Gasteiger partial charge in [0, 0.05) is 31.4 Å². The van der Waals surface area contributed by atoms with E-state index in [1.807, 2.05) is 13.8 Å². The van der Waals surface area contributed by atoms with E-state index in [9.17, 15) is 8.42 Å². The maximum Gasteiger partial charge on any atom is 0.243 e. The predicted octanol–water partition coefficient (Wildman–Crippen LogP) is 2.71. The number of nitrogens with one attached hydrogen (secondary N) is 1. The lowest BCUT2D eigenvalue weighted by Crippen LogP contribution is -2.36. The first-order valence-corrected chi connectivity index (χ1v) is 9.11. The van der Waals surface area contributed by atoms with Crippen LogP contribution in [0.4, 0.5) is 5.82 Å². The van der Waals surface area contributed by atoms with E-state index in [0.717, 1.165) is 25.8 Å². The third-order valence-electron chi connectivity index (χ3n) is 3.39. The average molecular weight is 311 g/mol. The van der Waals surface area contributed by atoms with Crippen molar-refractivity contribution in [3.05, 3.63) is 18.3 Å². The highest BCUT2D eigenvalue weighted by atomic mass is 32.2. The topological polar surface area (TPSA) is 62.3 Å². The van der Waals surface area contributed by atoms with Gasteiger partial charge in [-0.05, 0) is 31.2 Å². The van der Waals surface area contributed by atoms with Gasteiger partial charge in [0.1, 0.15) is 5.82 Å². The summed E-state index contributed by atoms with van der Waals surface area (Å²) >= 11 is 0. The molecule has 1 saturated carbocycles. The summed E-state index contributed by atoms with van der Waals surface area (Å²) in [5.74, 6) is 0.943. The largest absolute Gasteiger partial charge is 0.370 e. The second-order valence-corrected chi connectivity index (χ2v) is 7.89. The van der Waals surface area contributed by atoms with Gasteiger partial charge in [0.05, 0.1) is 4.90 Å². The van der Waals surface area contributed by atoms with Crippen LogP contribution in [-0.2, 0) is 10.0 Å². The van der Waals surface area contributed by atoms with Crippen LogP contribution in [0.1, 0.15) is 40.0 Å². The van der Waals surface area contributed by atoms with Gasteiger partial charge in [0.2, 0.25) is 10.0 Å². The second kappa shape index (κ2) is 6.75. The van der Waals surface area contributed by atoms with E-state index in [1.54, 1.807) is 22.6 Å². The van der Waals surface area contributed by atoms with Crippen LogP contribution < -0.4 is 5.32 Å². The summed E-state index contributed by atoms with van der Waals surface area (Å²) in [6.07, 6.45) is 4.47. The minimum absolute atomic E-state index is 0.178. The first-order chi connectivity index (χ1) is 9.95. The number of rotatable bonds is 8. The highest BCUT2D eigenvalue weighted by molar-refractivity contribution is 7.89. The van der Waals surface area contributed by atoms with Crippen molar-refractivity contribution in [3.63, 3.8) is 0 Å². The summed E-state index contributed by atoms with van der Waals surface area (Å²) in [5, 5.41) is 3.14. The van der Waals surface area contributed by atoms with E-state index in [-0.39, 0.29) is 6.04 Å². The number of sulfonamides is 1. The van der Waals surface area contributed by atoms with Gasteiger partial charge in [-0.2, -0.15) is 4.31 Å². The summed E-state index contributed by atoms with van der Waals surface area (Å²) < 4.78 is 27.4. The van der Waals surface area contributed by atoms with Crippen molar-refractivity contribution in [2.45, 2.75) is 51.0 Å². The van der Waals surface area contributed by atoms with E-state index >= 15 is 0 Å². The molecule has 0 unspecified atom stereocenters. The van der Waals surface area contributed by atoms with Gasteiger partial charge in [-0.1, -0.05) is 20.8 Å². The first kappa shape index (κ1) is 16.2. The quantitative estimate of drug-likeness (QED) is 0.802. The van der Waals surface area contributed by atoms with Crippen LogP contribution in [0.5, 0.6) is 0 Å². The monoisotopic (exact) mass is 311 g/mol. The van der Waals surface area contributed by atoms with Crippen LogP contribution in [0, 0.1) is 5.92 Å². The smallest absolute Gasteiger partial charge is 0.243 e. The summed E-state index contributed by atoms with van der Waals surface area (Å²) in [6.45, 7) is 7.52. The van der Waals surface area contributed by atoms with Gasteiger partial charge in [-0.3, -0.25) is 0 Å². The van der Waals surface area contributed by atoms with Crippen molar-refractivity contribution in [2.24, 2.45) is 5.92 Å². The fraction of sp³-hybridized carbons (Fsp3) is 0.667. The Labute approximate surface area is 127 Å². The van der Waals surface area contributed by atoms with Crippen molar-refractivity contribution >= 4 is 15.8 Å². The highest BCUT2D eigenvalue weighted by Crippen LogP contribution is 2.33. The Balaban J connectivity index is 2.24. The van der Waals surface area contributed by atoms with Gasteiger partial charge in [-0.25, -0.2) is 13.4 Å². The van der Waals surface area contributed by atoms with Gasteiger partial charge in [-0.15, -0.1) is 0 Å². The molecule has 0 bridgehead atoms. The number of hydrogen-bond acceptors (Lipinski definition) is 4. The molecule has 118 valence electrons. The van der Waals surface area contributed by atoms with Crippen LogP contribution in [0.2, 0.25) is 0 Å². The van der Waals surface area contributed by atoms with Crippen molar-refractivity contribution < 1.29 is 8.42 Å². The lowest BCUT2D eigenvalue weighted by molar-refractivity contribution is 0.360. The molecule has 1 fully saturated rings. The van der Waals surface area contributed by atoms with Crippen molar-refractivity contribution in [1.82, 2.24) is 9.29 Å². The molecule has 0 aliphatic heterocycles. The van der Waals surface area contributed by atoms with Crippen molar-refractivity contribution in [2.75, 3.05) is 18.4 Å². The molecule has 0 atom stereocenters. The van der Waals surface area contributed by atoms with Gasteiger partial charge in [0.25, 0.3) is 0 Å². The molecule has 1 aliphatic carbocycles. The molecule has 1 heterocycles. The van der Waals surface area contributed by atoms with Gasteiger partial charge in [0.15, 0.2) is 0 Å². The molecule has 1 aromatic rings. The molecule has 0 spiro atoms. The van der Waals surface area contributed by atoms with Gasteiger partial charge < -0.3 is 5.32 Å². The third kappa shape index (κ3) is 4.17. The maximum atomic E-state index is 12.8. The summed E-state index contributed by atoms with van der Waals surface area (Å²) in [6, 6.07) is 3.40. The van der Waals surface area contributed by atoms with E-state index in [0.29, 0.717) is 23.2 Å². The Morgan fingerprint density at radius 3 is 2.71 bits per heavy atom. The number of pyridine rings is 1. The highest BCUT2D eigenvalue weighted by Gasteiger charge is 2.38. The van der Waals surface area contributed by atoms with Crippen LogP contribution >= 0.6 is 0 Å². The minimum atomic E-state index is -3.43. The number of nitrogens with zero attached hydrogens (tertiary/aromatic N) is 2. The molecule has 2 rings (SSSR count). The summed E-state index contributed by atoms with van der Waals surface area (Å²) in [4.78, 5) is 4.51. The Hall–Kier alpha value is -1.14. The van der Waals surface area contributed by atoms with Crippen LogP contribution in [0.25, 0.3) is 0 Å². The molecule has 6 heteroatoms. The Morgan fingerprint density at radius 1 is 1.43 bits per heavy atom. The molecular formula is C15H25N3O2S. The Kier molecular flexibility index (Phi) is 5.22. The third-order valence-corrected chi connectivity index (χ3v) is 5.31. The number of anilines is 1. The average Bonchev–Trinajstić information content (AvgIpc) is 3.27. The second-order valence-electron chi connectivity index (χ2n) is 6.00. The van der Waals surface area contributed by atoms with E-state index in [1.165, 1.54) is 0 Å². The zero-order chi connectivity index (χ0) is 15.5. The van der Waals surface area contributed by atoms with Crippen molar-refractivity contribution in [1.29, 1.82) is 0 Å². The van der Waals surface area contributed by atoms with E-state index < -0.39 is 10.0 Å². The zero-order valence-electron chi connectivity index (χ0n) is 13.0. The fourth-order valence-electron chi connectivity index (χ4n) is 2.22. The predicted molar refractivity (Wildman–Crippen MR) is 84.8 cm³/mol. The summed E-state index contributed by atoms with van der Waals surface area (Å²) in [5.41, 5.74) is 0. The summed E-state index contributed by atoms with van der Waals surface area (Å²) in [7, 11) is -3.43. The molecule has 5 nitrogen and oxygen atoms in total. The molecule has 0 amide bonds. The SMILES string of the molecule is CCCNc1cc(S(=O)(=O)N(CC(C)C)C2CC2)ccn1. The first-order valence-electron chi connectivity index (χ1n) is 7.67. The van der Waals surface area contributed by atoms with E-state index in [2.05, 4.69) is 17.2 Å². The molecule has 0 saturated heterocycles. The number of hydrogen-bond donors (Lipinski definition) is 1. The van der Waals surface area contributed by atoms with Crippen LogP contribution in [0.15, 0.2) is 23.2 Å². The Bertz CT molecular complexity index is 568. The Morgan fingerprint density at radius 2 is 2.14 bits per heavy atom. The number of aromatic nitrogens is 1. The molecule has 1 N–H and O–H groups in total. The van der Waals surface area contributed by atoms with E-state index in [4.69, 9.17) is 0 Å². The lowest BCUT2D eigenvalue weighted by Gasteiger charge is -2.24. The molecule has 1 aromatic heterocycles. The molecule has 0 radical (unpaired) electrons. The zero-order valence-corrected chi connectivity index (χ0v) is 13.9. The normalized spacial score (nSPS) is 15.7. The molecular weight excluding hydrogens is 286 g/mol. The lowest BCUT2D eigenvalue weighted by atomic mass is 10.2.